The van der Waals surface area contributed by atoms with Gasteiger partial charge in [-0.2, -0.15) is 0 Å². The Balaban J connectivity index is 2.25. The molecule has 3 heteroatoms. The van der Waals surface area contributed by atoms with E-state index in [0.717, 1.165) is 31.6 Å². The van der Waals surface area contributed by atoms with Crippen LogP contribution in [0.4, 0.5) is 0 Å². The van der Waals surface area contributed by atoms with Crippen LogP contribution in [-0.2, 0) is 11.2 Å². The summed E-state index contributed by atoms with van der Waals surface area (Å²) >= 11 is 0. The van der Waals surface area contributed by atoms with Gasteiger partial charge in [0.1, 0.15) is 0 Å². The molecule has 3 unspecified atom stereocenters. The maximum atomic E-state index is 10.9. The average molecular weight is 445 g/mol. The Hall–Kier alpha value is -1.40. The average Bonchev–Trinajstić information content (AvgIpc) is 2.71. The highest BCUT2D eigenvalue weighted by Gasteiger charge is 2.09. The molecule has 0 aliphatic carbocycles. The van der Waals surface area contributed by atoms with E-state index in [-0.39, 0.29) is 5.92 Å². The number of aryl methyl sites for hydroxylation is 2. The molecular weight excluding hydrogens is 399 g/mol. The standard InChI is InChI=1S/C28H45O2P/c1-20(10-7-11-21(2)14-9-15-24(5)28(29)30)12-8-13-22(3)16-18-26-19-17-23(4)25(6)27(26)31/h12,14,17,19,22,24H,7-11,13,15-16,18,31H2,1-6H3,(H,29,30)/b20-12+,21-14+. The van der Waals surface area contributed by atoms with Gasteiger partial charge in [-0.15, -0.1) is 9.24 Å². The van der Waals surface area contributed by atoms with Gasteiger partial charge in [0, 0.05) is 0 Å². The first-order chi connectivity index (χ1) is 14.6. The number of hydrogen-bond acceptors (Lipinski definition) is 1. The van der Waals surface area contributed by atoms with Crippen LogP contribution in [0.15, 0.2) is 35.4 Å². The number of carbonyl (C=O) groups is 1. The Bertz CT molecular complexity index is 761. The largest absolute Gasteiger partial charge is 0.481 e. The number of carboxylic acid groups (broad SMARTS) is 1. The predicted molar refractivity (Wildman–Crippen MR) is 139 cm³/mol. The first kappa shape index (κ1) is 27.6. The fourth-order valence-corrected chi connectivity index (χ4v) is 4.29. The van der Waals surface area contributed by atoms with Crippen molar-refractivity contribution in [1.82, 2.24) is 0 Å². The molecule has 0 aliphatic heterocycles. The van der Waals surface area contributed by atoms with E-state index in [1.807, 2.05) is 0 Å². The number of rotatable bonds is 14. The van der Waals surface area contributed by atoms with Crippen molar-refractivity contribution in [2.45, 2.75) is 99.3 Å². The van der Waals surface area contributed by atoms with Crippen LogP contribution in [0.5, 0.6) is 0 Å². The van der Waals surface area contributed by atoms with E-state index in [4.69, 9.17) is 5.11 Å². The molecule has 0 amide bonds. The Labute approximate surface area is 193 Å². The van der Waals surface area contributed by atoms with Crippen molar-refractivity contribution in [2.75, 3.05) is 0 Å². The van der Waals surface area contributed by atoms with E-state index in [1.54, 1.807) is 6.92 Å². The first-order valence-electron chi connectivity index (χ1n) is 12.0. The van der Waals surface area contributed by atoms with Crippen LogP contribution >= 0.6 is 9.24 Å². The Morgan fingerprint density at radius 2 is 1.58 bits per heavy atom. The molecule has 0 aromatic heterocycles. The van der Waals surface area contributed by atoms with E-state index in [2.05, 4.69) is 68.1 Å². The van der Waals surface area contributed by atoms with Crippen molar-refractivity contribution in [3.63, 3.8) is 0 Å². The van der Waals surface area contributed by atoms with Crippen LogP contribution in [0.3, 0.4) is 0 Å². The third-order valence-corrected chi connectivity index (χ3v) is 7.39. The Morgan fingerprint density at radius 3 is 2.16 bits per heavy atom. The summed E-state index contributed by atoms with van der Waals surface area (Å²) in [5, 5.41) is 10.3. The van der Waals surface area contributed by atoms with Gasteiger partial charge in [0.2, 0.25) is 0 Å². The molecule has 174 valence electrons. The highest BCUT2D eigenvalue weighted by molar-refractivity contribution is 7.27. The minimum atomic E-state index is -0.694. The lowest BCUT2D eigenvalue weighted by Crippen LogP contribution is -2.09. The summed E-state index contributed by atoms with van der Waals surface area (Å²) in [6, 6.07) is 4.55. The van der Waals surface area contributed by atoms with Crippen molar-refractivity contribution in [3.05, 3.63) is 52.1 Å². The van der Waals surface area contributed by atoms with Crippen LogP contribution in [0.1, 0.15) is 95.8 Å². The van der Waals surface area contributed by atoms with Gasteiger partial charge in [-0.25, -0.2) is 0 Å². The molecule has 0 spiro atoms. The van der Waals surface area contributed by atoms with Crippen molar-refractivity contribution in [2.24, 2.45) is 11.8 Å². The fraction of sp³-hybridized carbons (Fsp3) is 0.607. The molecule has 1 N–H and O–H groups in total. The second-order valence-electron chi connectivity index (χ2n) is 9.57. The topological polar surface area (TPSA) is 37.3 Å². The number of hydrogen-bond donors (Lipinski definition) is 1. The van der Waals surface area contributed by atoms with E-state index >= 15 is 0 Å². The number of benzene rings is 1. The van der Waals surface area contributed by atoms with Crippen LogP contribution in [-0.4, -0.2) is 11.1 Å². The van der Waals surface area contributed by atoms with Crippen LogP contribution in [0, 0.1) is 25.7 Å². The minimum absolute atomic E-state index is 0.250. The van der Waals surface area contributed by atoms with Gasteiger partial charge in [0.15, 0.2) is 0 Å². The summed E-state index contributed by atoms with van der Waals surface area (Å²) in [5.74, 6) is -0.200. The molecular formula is C28H45O2P. The zero-order valence-electron chi connectivity index (χ0n) is 20.8. The molecule has 0 aliphatic rings. The Morgan fingerprint density at radius 1 is 1.00 bits per heavy atom. The minimum Gasteiger partial charge on any atom is -0.481 e. The molecule has 0 saturated carbocycles. The summed E-state index contributed by atoms with van der Waals surface area (Å²) in [5.41, 5.74) is 7.15. The number of aliphatic carboxylic acids is 1. The van der Waals surface area contributed by atoms with Gasteiger partial charge in [0.05, 0.1) is 5.92 Å². The third kappa shape index (κ3) is 11.2. The van der Waals surface area contributed by atoms with Gasteiger partial charge in [-0.05, 0) is 113 Å². The molecule has 31 heavy (non-hydrogen) atoms. The van der Waals surface area contributed by atoms with Gasteiger partial charge in [0.25, 0.3) is 0 Å². The van der Waals surface area contributed by atoms with Crippen molar-refractivity contribution < 1.29 is 9.90 Å². The third-order valence-electron chi connectivity index (χ3n) is 6.59. The van der Waals surface area contributed by atoms with Gasteiger partial charge < -0.3 is 5.11 Å². The number of allylic oxidation sites excluding steroid dienone is 4. The summed E-state index contributed by atoms with van der Waals surface area (Å²) in [6.07, 6.45) is 14.5. The normalized spacial score (nSPS) is 14.5. The van der Waals surface area contributed by atoms with E-state index in [0.29, 0.717) is 0 Å². The number of carboxylic acids is 1. The fourth-order valence-electron chi connectivity index (χ4n) is 3.83. The monoisotopic (exact) mass is 444 g/mol. The summed E-state index contributed by atoms with van der Waals surface area (Å²) in [7, 11) is 2.94. The molecule has 1 aromatic rings. The lowest BCUT2D eigenvalue weighted by atomic mass is 9.94. The van der Waals surface area contributed by atoms with Crippen molar-refractivity contribution in [1.29, 1.82) is 0 Å². The molecule has 0 bridgehead atoms. The maximum Gasteiger partial charge on any atom is 0.306 e. The highest BCUT2D eigenvalue weighted by atomic mass is 31.0. The van der Waals surface area contributed by atoms with Gasteiger partial charge in [-0.1, -0.05) is 49.3 Å². The summed E-state index contributed by atoms with van der Waals surface area (Å²) in [4.78, 5) is 10.9. The van der Waals surface area contributed by atoms with Crippen molar-refractivity contribution in [3.8, 4) is 0 Å². The van der Waals surface area contributed by atoms with E-state index in [1.165, 1.54) is 65.2 Å². The van der Waals surface area contributed by atoms with Crippen LogP contribution in [0.2, 0.25) is 0 Å². The molecule has 0 heterocycles. The summed E-state index contributed by atoms with van der Waals surface area (Å²) < 4.78 is 0. The van der Waals surface area contributed by atoms with Crippen LogP contribution < -0.4 is 5.30 Å². The molecule has 0 fully saturated rings. The zero-order valence-corrected chi connectivity index (χ0v) is 21.9. The first-order valence-corrected chi connectivity index (χ1v) is 12.6. The van der Waals surface area contributed by atoms with Gasteiger partial charge >= 0.3 is 5.97 Å². The molecule has 2 nitrogen and oxygen atoms in total. The molecule has 3 atom stereocenters. The Kier molecular flexibility index (Phi) is 13.0. The van der Waals surface area contributed by atoms with Crippen LogP contribution in [0.25, 0.3) is 0 Å². The molecule has 0 saturated heterocycles. The second kappa shape index (κ2) is 14.6. The van der Waals surface area contributed by atoms with Gasteiger partial charge in [-0.3, -0.25) is 4.79 Å². The van der Waals surface area contributed by atoms with E-state index in [9.17, 15) is 4.79 Å². The van der Waals surface area contributed by atoms with E-state index < -0.39 is 5.97 Å². The highest BCUT2D eigenvalue weighted by Crippen LogP contribution is 2.19. The molecule has 0 radical (unpaired) electrons. The SMILES string of the molecule is C/C(=C\CCC(C)CCc1ccc(C)c(C)c1P)CCC/C(C)=C/CCC(C)C(=O)O. The smallest absolute Gasteiger partial charge is 0.306 e. The van der Waals surface area contributed by atoms with Crippen molar-refractivity contribution >= 4 is 20.5 Å². The summed E-state index contributed by atoms with van der Waals surface area (Å²) in [6.45, 7) is 13.0. The second-order valence-corrected chi connectivity index (χ2v) is 10.1. The predicted octanol–water partition coefficient (Wildman–Crippen LogP) is 7.72. The lowest BCUT2D eigenvalue weighted by Gasteiger charge is -2.14. The maximum absolute atomic E-state index is 10.9. The quantitative estimate of drug-likeness (QED) is 0.236. The lowest BCUT2D eigenvalue weighted by molar-refractivity contribution is -0.141. The molecule has 1 rings (SSSR count). The molecule has 1 aromatic carbocycles. The zero-order chi connectivity index (χ0) is 23.4.